The van der Waals surface area contributed by atoms with E-state index >= 15 is 0 Å². The van der Waals surface area contributed by atoms with Gasteiger partial charge in [0.25, 0.3) is 0 Å². The van der Waals surface area contributed by atoms with Gasteiger partial charge in [-0.25, -0.2) is 0 Å². The summed E-state index contributed by atoms with van der Waals surface area (Å²) in [6.07, 6.45) is 0.771. The van der Waals surface area contributed by atoms with Crippen molar-refractivity contribution >= 4 is 0 Å². The Hall–Kier alpha value is -0.200. The fourth-order valence-corrected chi connectivity index (χ4v) is 0.913. The zero-order chi connectivity index (χ0) is 8.85. The standard InChI is InChI=1S/C6H18N4O/c7-2-6(10)5(9)1-4(8)3-11/h4-6,11H,1-3,7-10H2/p+3. The van der Waals surface area contributed by atoms with Crippen LogP contribution in [0.25, 0.3) is 0 Å². The summed E-state index contributed by atoms with van der Waals surface area (Å²) in [7, 11) is 0. The second-order valence-electron chi connectivity index (χ2n) is 3.00. The van der Waals surface area contributed by atoms with Crippen LogP contribution in [0.2, 0.25) is 0 Å². The second kappa shape index (κ2) is 5.45. The van der Waals surface area contributed by atoms with Crippen LogP contribution in [0.15, 0.2) is 0 Å². The first kappa shape index (κ1) is 10.8. The number of quaternary nitrogens is 3. The quantitative estimate of drug-likeness (QED) is 0.280. The Morgan fingerprint density at radius 3 is 2.27 bits per heavy atom. The number of rotatable bonds is 5. The van der Waals surface area contributed by atoms with Gasteiger partial charge in [-0.1, -0.05) is 0 Å². The summed E-state index contributed by atoms with van der Waals surface area (Å²) in [4.78, 5) is 0. The van der Waals surface area contributed by atoms with Gasteiger partial charge < -0.3 is 28.0 Å². The predicted octanol–water partition coefficient (Wildman–Crippen LogP) is -4.84. The van der Waals surface area contributed by atoms with E-state index in [1.165, 1.54) is 0 Å². The van der Waals surface area contributed by atoms with Crippen LogP contribution < -0.4 is 22.9 Å². The van der Waals surface area contributed by atoms with E-state index in [4.69, 9.17) is 10.8 Å². The molecule has 0 aliphatic carbocycles. The van der Waals surface area contributed by atoms with E-state index in [0.29, 0.717) is 6.54 Å². The van der Waals surface area contributed by atoms with Crippen LogP contribution in [0.1, 0.15) is 6.42 Å². The maximum absolute atomic E-state index is 8.69. The molecule has 0 saturated carbocycles. The highest BCUT2D eigenvalue weighted by atomic mass is 16.3. The molecule has 5 nitrogen and oxygen atoms in total. The lowest BCUT2D eigenvalue weighted by Gasteiger charge is -2.14. The first-order valence-electron chi connectivity index (χ1n) is 3.93. The Kier molecular flexibility index (Phi) is 5.35. The van der Waals surface area contributed by atoms with E-state index in [9.17, 15) is 0 Å². The minimum atomic E-state index is 0.0331. The molecule has 0 amide bonds. The Labute approximate surface area is 66.7 Å². The SMILES string of the molecule is NC(C[NH3+])C([NH3+])CC([NH3+])CO. The molecule has 0 bridgehead atoms. The number of nitrogens with two attached hydrogens (primary N) is 1. The van der Waals surface area contributed by atoms with Crippen molar-refractivity contribution in [3.05, 3.63) is 0 Å². The van der Waals surface area contributed by atoms with E-state index in [0.717, 1.165) is 6.42 Å². The third-order valence-corrected chi connectivity index (χ3v) is 1.83. The van der Waals surface area contributed by atoms with Gasteiger partial charge in [0.15, 0.2) is 0 Å². The molecular formula is C6H21N4O+3. The highest BCUT2D eigenvalue weighted by molar-refractivity contribution is 4.71. The summed E-state index contributed by atoms with van der Waals surface area (Å²) < 4.78 is 0. The van der Waals surface area contributed by atoms with Crippen molar-refractivity contribution in [1.82, 2.24) is 0 Å². The molecule has 0 radical (unpaired) electrons. The molecule has 0 heterocycles. The van der Waals surface area contributed by atoms with Gasteiger partial charge in [-0.15, -0.1) is 0 Å². The predicted molar refractivity (Wildman–Crippen MR) is 40.8 cm³/mol. The van der Waals surface area contributed by atoms with Gasteiger partial charge >= 0.3 is 0 Å². The number of aliphatic hydroxyl groups is 1. The summed E-state index contributed by atoms with van der Waals surface area (Å²) in [5, 5.41) is 8.69. The van der Waals surface area contributed by atoms with Gasteiger partial charge in [0.1, 0.15) is 18.1 Å². The molecule has 0 spiro atoms. The number of hydrogen-bond donors (Lipinski definition) is 5. The molecule has 0 rings (SSSR count). The largest absolute Gasteiger partial charge is 0.390 e. The molecule has 11 heavy (non-hydrogen) atoms. The number of hydrogen-bond acceptors (Lipinski definition) is 2. The van der Waals surface area contributed by atoms with Crippen LogP contribution >= 0.6 is 0 Å². The molecule has 0 aromatic rings. The van der Waals surface area contributed by atoms with Crippen LogP contribution in [-0.2, 0) is 0 Å². The van der Waals surface area contributed by atoms with Crippen LogP contribution in [0.3, 0.4) is 0 Å². The van der Waals surface area contributed by atoms with Crippen LogP contribution in [-0.4, -0.2) is 36.4 Å². The highest BCUT2D eigenvalue weighted by Gasteiger charge is 2.21. The molecule has 0 aromatic carbocycles. The van der Waals surface area contributed by atoms with Crippen molar-refractivity contribution < 1.29 is 22.3 Å². The third-order valence-electron chi connectivity index (χ3n) is 1.83. The molecule has 0 aromatic heterocycles. The van der Waals surface area contributed by atoms with Crippen molar-refractivity contribution in [2.75, 3.05) is 13.2 Å². The molecule has 5 heteroatoms. The van der Waals surface area contributed by atoms with E-state index in [-0.39, 0.29) is 24.7 Å². The number of aliphatic hydroxyl groups excluding tert-OH is 1. The fourth-order valence-electron chi connectivity index (χ4n) is 0.913. The Morgan fingerprint density at radius 2 is 1.91 bits per heavy atom. The molecule has 0 aliphatic rings. The molecule has 12 N–H and O–H groups in total. The lowest BCUT2D eigenvalue weighted by atomic mass is 10.0. The molecule has 0 saturated heterocycles. The van der Waals surface area contributed by atoms with Crippen molar-refractivity contribution in [3.63, 3.8) is 0 Å². The van der Waals surface area contributed by atoms with Crippen molar-refractivity contribution in [3.8, 4) is 0 Å². The van der Waals surface area contributed by atoms with Crippen molar-refractivity contribution in [2.45, 2.75) is 24.5 Å². The summed E-state index contributed by atoms with van der Waals surface area (Å²) in [6.45, 7) is 0.794. The monoisotopic (exact) mass is 165 g/mol. The summed E-state index contributed by atoms with van der Waals surface area (Å²) in [5.41, 5.74) is 17.0. The first-order chi connectivity index (χ1) is 5.11. The molecule has 0 aliphatic heterocycles. The molecule has 0 fully saturated rings. The van der Waals surface area contributed by atoms with Crippen LogP contribution in [0, 0.1) is 0 Å². The van der Waals surface area contributed by atoms with Crippen molar-refractivity contribution in [2.24, 2.45) is 5.73 Å². The van der Waals surface area contributed by atoms with Gasteiger partial charge in [0.05, 0.1) is 19.6 Å². The lowest BCUT2D eigenvalue weighted by Crippen LogP contribution is -2.77. The van der Waals surface area contributed by atoms with Crippen molar-refractivity contribution in [1.29, 1.82) is 0 Å². The van der Waals surface area contributed by atoms with E-state index in [2.05, 4.69) is 17.2 Å². The molecule has 68 valence electrons. The maximum atomic E-state index is 8.69. The molecule has 3 unspecified atom stereocenters. The van der Waals surface area contributed by atoms with Gasteiger partial charge in [0, 0.05) is 0 Å². The van der Waals surface area contributed by atoms with Crippen LogP contribution in [0.4, 0.5) is 0 Å². The Bertz CT molecular complexity index is 101. The first-order valence-corrected chi connectivity index (χ1v) is 3.93. The summed E-state index contributed by atoms with van der Waals surface area (Å²) in [6, 6.07) is 0.239. The zero-order valence-corrected chi connectivity index (χ0v) is 7.00. The van der Waals surface area contributed by atoms with Gasteiger partial charge in [-0.2, -0.15) is 0 Å². The average molecular weight is 165 g/mol. The highest BCUT2D eigenvalue weighted by Crippen LogP contribution is 1.91. The molecular weight excluding hydrogens is 144 g/mol. The van der Waals surface area contributed by atoms with E-state index in [1.807, 2.05) is 0 Å². The van der Waals surface area contributed by atoms with E-state index < -0.39 is 0 Å². The third kappa shape index (κ3) is 4.28. The molecule has 3 atom stereocenters. The van der Waals surface area contributed by atoms with Gasteiger partial charge in [0.2, 0.25) is 0 Å². The Balaban J connectivity index is 3.58. The summed E-state index contributed by atoms with van der Waals surface area (Å²) in [5.74, 6) is 0. The zero-order valence-electron chi connectivity index (χ0n) is 7.00. The average Bonchev–Trinajstić information content (AvgIpc) is 2.02. The minimum Gasteiger partial charge on any atom is -0.390 e. The van der Waals surface area contributed by atoms with Crippen LogP contribution in [0.5, 0.6) is 0 Å². The maximum Gasteiger partial charge on any atom is 0.114 e. The fraction of sp³-hybridized carbons (Fsp3) is 1.00. The summed E-state index contributed by atoms with van der Waals surface area (Å²) >= 11 is 0. The minimum absolute atomic E-state index is 0.0331. The second-order valence-corrected chi connectivity index (χ2v) is 3.00. The van der Waals surface area contributed by atoms with E-state index in [1.54, 1.807) is 0 Å². The van der Waals surface area contributed by atoms with Gasteiger partial charge in [-0.3, -0.25) is 0 Å². The van der Waals surface area contributed by atoms with Gasteiger partial charge in [-0.05, 0) is 0 Å². The lowest BCUT2D eigenvalue weighted by molar-refractivity contribution is -0.479. The normalized spacial score (nSPS) is 19.4. The Morgan fingerprint density at radius 1 is 1.36 bits per heavy atom. The smallest absolute Gasteiger partial charge is 0.114 e. The topological polar surface area (TPSA) is 129 Å².